The molecule has 1 heterocycles. The highest BCUT2D eigenvalue weighted by molar-refractivity contribution is 6.21. The molecule has 0 fully saturated rings. The Labute approximate surface area is 135 Å². The summed E-state index contributed by atoms with van der Waals surface area (Å²) in [4.78, 5) is 25.3. The fourth-order valence-corrected chi connectivity index (χ4v) is 2.58. The molecule has 0 atom stereocenters. The Morgan fingerprint density at radius 3 is 2.26 bits per heavy atom. The highest BCUT2D eigenvalue weighted by atomic mass is 19.3. The number of nitrogens with zero attached hydrogens (tertiary/aromatic N) is 1. The van der Waals surface area contributed by atoms with E-state index in [9.17, 15) is 18.4 Å². The van der Waals surface area contributed by atoms with Gasteiger partial charge < -0.3 is 0 Å². The van der Waals surface area contributed by atoms with Crippen LogP contribution in [0.15, 0.2) is 36.4 Å². The maximum absolute atomic E-state index is 13.7. The van der Waals surface area contributed by atoms with E-state index in [4.69, 9.17) is 0 Å². The second-order valence-corrected chi connectivity index (χ2v) is 5.72. The number of halogens is 2. The highest BCUT2D eigenvalue weighted by Crippen LogP contribution is 2.26. The molecule has 0 radical (unpaired) electrons. The van der Waals surface area contributed by atoms with Gasteiger partial charge in [0.05, 0.1) is 11.1 Å². The van der Waals surface area contributed by atoms with Gasteiger partial charge >= 0.3 is 0 Å². The lowest BCUT2D eigenvalue weighted by molar-refractivity contribution is 0.0377. The van der Waals surface area contributed by atoms with E-state index < -0.39 is 17.7 Å². The lowest BCUT2D eigenvalue weighted by atomic mass is 10.1. The van der Waals surface area contributed by atoms with Crippen molar-refractivity contribution in [1.29, 1.82) is 0 Å². The third-order valence-corrected chi connectivity index (χ3v) is 3.86. The molecule has 5 heteroatoms. The van der Waals surface area contributed by atoms with Gasteiger partial charge in [0.15, 0.2) is 0 Å². The zero-order chi connectivity index (χ0) is 16.9. The van der Waals surface area contributed by atoms with Crippen LogP contribution in [0.5, 0.6) is 0 Å². The number of fused-ring (bicyclic) bond motifs is 1. The van der Waals surface area contributed by atoms with Crippen molar-refractivity contribution in [3.05, 3.63) is 47.5 Å². The van der Waals surface area contributed by atoms with E-state index in [0.29, 0.717) is 17.5 Å². The minimum absolute atomic E-state index is 0.0186. The molecule has 0 N–H and O–H groups in total. The molecule has 1 aliphatic heterocycles. The Morgan fingerprint density at radius 2 is 1.70 bits per heavy atom. The van der Waals surface area contributed by atoms with Gasteiger partial charge in [0.25, 0.3) is 17.7 Å². The first-order chi connectivity index (χ1) is 11.0. The molecule has 0 aromatic heterocycles. The minimum atomic E-state index is -2.90. The van der Waals surface area contributed by atoms with Gasteiger partial charge in [0, 0.05) is 13.0 Å². The minimum Gasteiger partial charge on any atom is -0.274 e. The number of carbonyl (C=O) groups is 2. The first-order valence-corrected chi connectivity index (χ1v) is 7.97. The van der Waals surface area contributed by atoms with Crippen LogP contribution in [0.25, 0.3) is 0 Å². The van der Waals surface area contributed by atoms with Gasteiger partial charge in [-0.3, -0.25) is 14.5 Å². The second-order valence-electron chi connectivity index (χ2n) is 5.72. The molecule has 1 aromatic carbocycles. The van der Waals surface area contributed by atoms with Crippen molar-refractivity contribution in [2.45, 2.75) is 45.0 Å². The molecular weight excluding hydrogens is 300 g/mol. The van der Waals surface area contributed by atoms with Crippen LogP contribution in [-0.4, -0.2) is 29.2 Å². The van der Waals surface area contributed by atoms with Crippen molar-refractivity contribution in [2.75, 3.05) is 6.54 Å². The van der Waals surface area contributed by atoms with Gasteiger partial charge in [-0.05, 0) is 31.1 Å². The Kier molecular flexibility index (Phi) is 5.64. The van der Waals surface area contributed by atoms with E-state index in [0.717, 1.165) is 23.8 Å². The zero-order valence-electron chi connectivity index (χ0n) is 13.2. The number of allylic oxidation sites excluding steroid dienone is 2. The molecule has 0 aliphatic carbocycles. The summed E-state index contributed by atoms with van der Waals surface area (Å²) in [7, 11) is 0. The normalized spacial score (nSPS) is 14.8. The highest BCUT2D eigenvalue weighted by Gasteiger charge is 2.35. The monoisotopic (exact) mass is 321 g/mol. The third kappa shape index (κ3) is 4.24. The van der Waals surface area contributed by atoms with Crippen LogP contribution in [0.4, 0.5) is 8.78 Å². The van der Waals surface area contributed by atoms with Crippen molar-refractivity contribution in [3.8, 4) is 0 Å². The lowest BCUT2D eigenvalue weighted by Crippen LogP contribution is -2.31. The molecular formula is C18H21F2NO2. The van der Waals surface area contributed by atoms with Gasteiger partial charge in [0.1, 0.15) is 0 Å². The van der Waals surface area contributed by atoms with Crippen LogP contribution < -0.4 is 0 Å². The van der Waals surface area contributed by atoms with Crippen molar-refractivity contribution in [2.24, 2.45) is 0 Å². The summed E-state index contributed by atoms with van der Waals surface area (Å²) in [5, 5.41) is 0. The van der Waals surface area contributed by atoms with Crippen molar-refractivity contribution >= 4 is 11.8 Å². The maximum Gasteiger partial charge on any atom is 0.266 e. The van der Waals surface area contributed by atoms with Gasteiger partial charge in [-0.2, -0.15) is 0 Å². The summed E-state index contributed by atoms with van der Waals surface area (Å²) in [6.07, 6.45) is 4.65. The summed E-state index contributed by atoms with van der Waals surface area (Å²) >= 11 is 0. The molecule has 23 heavy (non-hydrogen) atoms. The quantitative estimate of drug-likeness (QED) is 0.403. The van der Waals surface area contributed by atoms with Crippen molar-refractivity contribution in [1.82, 2.24) is 4.90 Å². The second kappa shape index (κ2) is 7.49. The third-order valence-electron chi connectivity index (χ3n) is 3.86. The zero-order valence-corrected chi connectivity index (χ0v) is 13.2. The molecule has 0 saturated heterocycles. The van der Waals surface area contributed by atoms with Crippen LogP contribution in [0, 0.1) is 0 Å². The molecule has 1 aromatic rings. The van der Waals surface area contributed by atoms with Crippen molar-refractivity contribution < 1.29 is 18.4 Å². The molecule has 2 rings (SSSR count). The van der Waals surface area contributed by atoms with Crippen LogP contribution >= 0.6 is 0 Å². The SMILES string of the molecule is CCCC/C=C\C(F)(F)CCCN1C(=O)c2ccccc2C1=O. The van der Waals surface area contributed by atoms with Crippen LogP contribution in [0.1, 0.15) is 59.7 Å². The summed E-state index contributed by atoms with van der Waals surface area (Å²) < 4.78 is 27.4. The van der Waals surface area contributed by atoms with Gasteiger partial charge in [-0.15, -0.1) is 0 Å². The molecule has 3 nitrogen and oxygen atoms in total. The summed E-state index contributed by atoms with van der Waals surface area (Å²) in [6, 6.07) is 6.53. The number of amides is 2. The van der Waals surface area contributed by atoms with Crippen LogP contribution in [-0.2, 0) is 0 Å². The number of alkyl halides is 2. The Balaban J connectivity index is 1.86. The summed E-state index contributed by atoms with van der Waals surface area (Å²) in [5.41, 5.74) is 0.701. The topological polar surface area (TPSA) is 37.4 Å². The predicted octanol–water partition coefficient (Wildman–Crippen LogP) is 4.44. The maximum atomic E-state index is 13.7. The standard InChI is InChI=1S/C18H21F2NO2/c1-2-3-4-7-11-18(19,20)12-8-13-21-16(22)14-9-5-6-10-15(14)17(21)23/h5-7,9-11H,2-4,8,12-13H2,1H3/b11-7-. The van der Waals surface area contributed by atoms with Gasteiger partial charge in [-0.25, -0.2) is 8.78 Å². The number of carbonyl (C=O) groups excluding carboxylic acids is 2. The van der Waals surface area contributed by atoms with E-state index in [2.05, 4.69) is 0 Å². The molecule has 2 amide bonds. The Morgan fingerprint density at radius 1 is 1.09 bits per heavy atom. The number of rotatable bonds is 8. The van der Waals surface area contributed by atoms with E-state index in [1.807, 2.05) is 6.92 Å². The average Bonchev–Trinajstić information content (AvgIpc) is 2.77. The number of imide groups is 1. The van der Waals surface area contributed by atoms with E-state index >= 15 is 0 Å². The van der Waals surface area contributed by atoms with Gasteiger partial charge in [-0.1, -0.05) is 38.0 Å². The molecule has 0 saturated carbocycles. The van der Waals surface area contributed by atoms with E-state index in [-0.39, 0.29) is 19.4 Å². The number of hydrogen-bond donors (Lipinski definition) is 0. The molecule has 0 unspecified atom stereocenters. The molecule has 0 spiro atoms. The lowest BCUT2D eigenvalue weighted by Gasteiger charge is -2.16. The molecule has 0 bridgehead atoms. The number of unbranched alkanes of at least 4 members (excludes halogenated alkanes) is 2. The molecule has 1 aliphatic rings. The fraction of sp³-hybridized carbons (Fsp3) is 0.444. The first kappa shape index (κ1) is 17.3. The van der Waals surface area contributed by atoms with Crippen molar-refractivity contribution in [3.63, 3.8) is 0 Å². The number of hydrogen-bond acceptors (Lipinski definition) is 2. The van der Waals surface area contributed by atoms with Crippen LogP contribution in [0.2, 0.25) is 0 Å². The average molecular weight is 321 g/mol. The predicted molar refractivity (Wildman–Crippen MR) is 84.7 cm³/mol. The first-order valence-electron chi connectivity index (χ1n) is 7.97. The fourth-order valence-electron chi connectivity index (χ4n) is 2.58. The Bertz CT molecular complexity index is 576. The van der Waals surface area contributed by atoms with E-state index in [1.165, 1.54) is 6.08 Å². The number of benzene rings is 1. The smallest absolute Gasteiger partial charge is 0.266 e. The largest absolute Gasteiger partial charge is 0.274 e. The summed E-state index contributed by atoms with van der Waals surface area (Å²) in [5.74, 6) is -3.69. The van der Waals surface area contributed by atoms with Gasteiger partial charge in [0.2, 0.25) is 0 Å². The Hall–Kier alpha value is -2.04. The summed E-state index contributed by atoms with van der Waals surface area (Å²) in [6.45, 7) is 2.03. The van der Waals surface area contributed by atoms with Crippen LogP contribution in [0.3, 0.4) is 0 Å². The molecule has 124 valence electrons. The van der Waals surface area contributed by atoms with E-state index in [1.54, 1.807) is 24.3 Å².